The van der Waals surface area contributed by atoms with E-state index in [0.717, 1.165) is 24.8 Å². The van der Waals surface area contributed by atoms with E-state index in [-0.39, 0.29) is 16.5 Å². The van der Waals surface area contributed by atoms with Gasteiger partial charge in [0.2, 0.25) is 6.29 Å². The standard InChI is InChI=1S/C20H25NO6/c1-10-12(16(22)23)6-13(15-14(10)25-11(2)26-15)19-7-20(8-19,9-19)21-17(24)27-18(3,4)5/h6,11H,7-9H2,1-5H3,(H,21,24)(H,22,23). The maximum atomic E-state index is 12.1. The average molecular weight is 375 g/mol. The highest BCUT2D eigenvalue weighted by atomic mass is 16.7. The van der Waals surface area contributed by atoms with Crippen molar-refractivity contribution in [2.45, 2.75) is 76.7 Å². The largest absolute Gasteiger partial charge is 0.478 e. The quantitative estimate of drug-likeness (QED) is 0.840. The number of carboxylic acids is 1. The van der Waals surface area contributed by atoms with Gasteiger partial charge in [0.05, 0.1) is 5.56 Å². The van der Waals surface area contributed by atoms with Gasteiger partial charge in [-0.2, -0.15) is 0 Å². The predicted molar refractivity (Wildman–Crippen MR) is 96.5 cm³/mol. The molecule has 27 heavy (non-hydrogen) atoms. The summed E-state index contributed by atoms with van der Waals surface area (Å²) >= 11 is 0. The van der Waals surface area contributed by atoms with Crippen LogP contribution in [0.2, 0.25) is 0 Å². The van der Waals surface area contributed by atoms with Crippen molar-refractivity contribution in [3.05, 3.63) is 22.8 Å². The number of ether oxygens (including phenoxy) is 3. The number of amides is 1. The van der Waals surface area contributed by atoms with Gasteiger partial charge in [-0.15, -0.1) is 0 Å². The smallest absolute Gasteiger partial charge is 0.408 e. The Labute approximate surface area is 158 Å². The van der Waals surface area contributed by atoms with Gasteiger partial charge < -0.3 is 24.6 Å². The third-order valence-corrected chi connectivity index (χ3v) is 5.65. The van der Waals surface area contributed by atoms with Crippen molar-refractivity contribution >= 4 is 12.1 Å². The van der Waals surface area contributed by atoms with E-state index in [1.165, 1.54) is 0 Å². The van der Waals surface area contributed by atoms with Crippen molar-refractivity contribution in [1.29, 1.82) is 0 Å². The molecule has 7 heteroatoms. The van der Waals surface area contributed by atoms with Crippen LogP contribution in [0.3, 0.4) is 0 Å². The molecule has 0 radical (unpaired) electrons. The van der Waals surface area contributed by atoms with Crippen LogP contribution < -0.4 is 14.8 Å². The molecular weight excluding hydrogens is 350 g/mol. The first-order valence-corrected chi connectivity index (χ1v) is 9.20. The summed E-state index contributed by atoms with van der Waals surface area (Å²) in [6.45, 7) is 9.02. The lowest BCUT2D eigenvalue weighted by Gasteiger charge is -2.70. The Kier molecular flexibility index (Phi) is 3.52. The number of nitrogens with one attached hydrogen (secondary N) is 1. The zero-order chi connectivity index (χ0) is 19.8. The predicted octanol–water partition coefficient (Wildman–Crippen LogP) is 3.51. The molecule has 4 aliphatic rings. The van der Waals surface area contributed by atoms with Gasteiger partial charge in [-0.25, -0.2) is 9.59 Å². The van der Waals surface area contributed by atoms with Gasteiger partial charge in [0.1, 0.15) is 5.60 Å². The van der Waals surface area contributed by atoms with E-state index in [1.807, 2.05) is 20.8 Å². The molecule has 2 N–H and O–H groups in total. The monoisotopic (exact) mass is 375 g/mol. The molecular formula is C20H25NO6. The topological polar surface area (TPSA) is 94.1 Å². The number of fused-ring (bicyclic) bond motifs is 1. The van der Waals surface area contributed by atoms with Gasteiger partial charge in [-0.1, -0.05) is 0 Å². The Morgan fingerprint density at radius 3 is 2.37 bits per heavy atom. The molecule has 5 rings (SSSR count). The zero-order valence-electron chi connectivity index (χ0n) is 16.3. The van der Waals surface area contributed by atoms with Gasteiger partial charge in [-0.3, -0.25) is 0 Å². The SMILES string of the molecule is Cc1c(C(=O)O)cc(C23CC(NC(=O)OC(C)(C)C)(C2)C3)c2c1OC(C)O2. The summed E-state index contributed by atoms with van der Waals surface area (Å²) in [5.74, 6) is 0.194. The number of alkyl carbamates (subject to hydrolysis) is 1. The Morgan fingerprint density at radius 2 is 1.81 bits per heavy atom. The normalized spacial score (nSPS) is 30.2. The van der Waals surface area contributed by atoms with E-state index in [4.69, 9.17) is 14.2 Å². The molecule has 3 saturated carbocycles. The van der Waals surface area contributed by atoms with E-state index in [0.29, 0.717) is 17.1 Å². The third-order valence-electron chi connectivity index (χ3n) is 5.65. The second kappa shape index (κ2) is 5.30. The Hall–Kier alpha value is -2.44. The lowest BCUT2D eigenvalue weighted by Crippen LogP contribution is -2.76. The van der Waals surface area contributed by atoms with E-state index in [1.54, 1.807) is 19.9 Å². The van der Waals surface area contributed by atoms with Crippen LogP contribution in [0.5, 0.6) is 11.5 Å². The number of hydrogen-bond donors (Lipinski definition) is 2. The van der Waals surface area contributed by atoms with Crippen LogP contribution in [0, 0.1) is 6.92 Å². The summed E-state index contributed by atoms with van der Waals surface area (Å²) in [5, 5.41) is 12.5. The minimum Gasteiger partial charge on any atom is -0.478 e. The highest BCUT2D eigenvalue weighted by Gasteiger charge is 2.70. The van der Waals surface area contributed by atoms with Gasteiger partial charge >= 0.3 is 12.1 Å². The van der Waals surface area contributed by atoms with Gasteiger partial charge in [0, 0.05) is 29.0 Å². The van der Waals surface area contributed by atoms with Crippen LogP contribution in [0.25, 0.3) is 0 Å². The number of rotatable bonds is 3. The maximum Gasteiger partial charge on any atom is 0.408 e. The number of aromatic carboxylic acids is 1. The lowest BCUT2D eigenvalue weighted by molar-refractivity contribution is -0.0897. The molecule has 3 fully saturated rings. The lowest BCUT2D eigenvalue weighted by atomic mass is 9.37. The molecule has 0 spiro atoms. The van der Waals surface area contributed by atoms with Crippen molar-refractivity contribution < 1.29 is 28.9 Å². The van der Waals surface area contributed by atoms with Crippen molar-refractivity contribution in [2.24, 2.45) is 0 Å². The number of carbonyl (C=O) groups is 2. The number of carbonyl (C=O) groups excluding carboxylic acids is 1. The van der Waals surface area contributed by atoms with E-state index >= 15 is 0 Å². The fraction of sp³-hybridized carbons (Fsp3) is 0.600. The molecule has 0 saturated heterocycles. The van der Waals surface area contributed by atoms with E-state index in [9.17, 15) is 14.7 Å². The molecule has 1 amide bonds. The average Bonchev–Trinajstić information content (AvgIpc) is 2.82. The Balaban J connectivity index is 1.57. The van der Waals surface area contributed by atoms with E-state index < -0.39 is 24.0 Å². The van der Waals surface area contributed by atoms with Crippen LogP contribution in [0.4, 0.5) is 4.79 Å². The molecule has 0 aromatic heterocycles. The minimum absolute atomic E-state index is 0.176. The van der Waals surface area contributed by atoms with Crippen LogP contribution in [0.15, 0.2) is 6.07 Å². The summed E-state index contributed by atoms with van der Waals surface area (Å²) in [6.07, 6.45) is 1.37. The molecule has 1 unspecified atom stereocenters. The molecule has 2 bridgehead atoms. The minimum atomic E-state index is -0.979. The van der Waals surface area contributed by atoms with Crippen LogP contribution in [-0.4, -0.2) is 34.6 Å². The molecule has 1 aromatic rings. The second-order valence-corrected chi connectivity index (χ2v) is 9.08. The molecule has 3 aliphatic carbocycles. The van der Waals surface area contributed by atoms with Gasteiger partial charge in [0.15, 0.2) is 11.5 Å². The summed E-state index contributed by atoms with van der Waals surface area (Å²) in [7, 11) is 0. The van der Waals surface area contributed by atoms with Crippen molar-refractivity contribution in [3.63, 3.8) is 0 Å². The fourth-order valence-electron chi connectivity index (χ4n) is 4.69. The third kappa shape index (κ3) is 2.71. The van der Waals surface area contributed by atoms with Crippen molar-refractivity contribution in [3.8, 4) is 11.5 Å². The first-order chi connectivity index (χ1) is 12.4. The Morgan fingerprint density at radius 1 is 1.22 bits per heavy atom. The molecule has 1 aliphatic heterocycles. The molecule has 7 nitrogen and oxygen atoms in total. The summed E-state index contributed by atoms with van der Waals surface area (Å²) < 4.78 is 16.9. The molecule has 1 aromatic carbocycles. The number of benzene rings is 1. The second-order valence-electron chi connectivity index (χ2n) is 9.08. The summed E-state index contributed by atoms with van der Waals surface area (Å²) in [6, 6.07) is 1.72. The molecule has 1 heterocycles. The van der Waals surface area contributed by atoms with Crippen LogP contribution in [-0.2, 0) is 10.2 Å². The molecule has 146 valence electrons. The summed E-state index contributed by atoms with van der Waals surface area (Å²) in [4.78, 5) is 23.8. The zero-order valence-corrected chi connectivity index (χ0v) is 16.3. The Bertz CT molecular complexity index is 833. The van der Waals surface area contributed by atoms with Crippen LogP contribution in [0.1, 0.15) is 68.4 Å². The van der Waals surface area contributed by atoms with Gasteiger partial charge in [-0.05, 0) is 53.0 Å². The van der Waals surface area contributed by atoms with Crippen molar-refractivity contribution in [1.82, 2.24) is 5.32 Å². The summed E-state index contributed by atoms with van der Waals surface area (Å²) in [5.41, 5.74) is 0.705. The van der Waals surface area contributed by atoms with E-state index in [2.05, 4.69) is 5.32 Å². The van der Waals surface area contributed by atoms with Crippen LogP contribution >= 0.6 is 0 Å². The maximum absolute atomic E-state index is 12.1. The number of hydrogen-bond acceptors (Lipinski definition) is 5. The highest BCUT2D eigenvalue weighted by molar-refractivity contribution is 5.91. The first-order valence-electron chi connectivity index (χ1n) is 9.20. The number of carboxylic acid groups (broad SMARTS) is 1. The van der Waals surface area contributed by atoms with Crippen molar-refractivity contribution in [2.75, 3.05) is 0 Å². The molecule has 1 atom stereocenters. The fourth-order valence-corrected chi connectivity index (χ4v) is 4.69. The first kappa shape index (κ1) is 17.9. The van der Waals surface area contributed by atoms with Gasteiger partial charge in [0.25, 0.3) is 0 Å². The highest BCUT2D eigenvalue weighted by Crippen LogP contribution is 2.70.